The summed E-state index contributed by atoms with van der Waals surface area (Å²) in [6.07, 6.45) is 0. The molecule has 132 valence electrons. The van der Waals surface area contributed by atoms with Crippen molar-refractivity contribution in [1.82, 2.24) is 10.9 Å². The fourth-order valence-electron chi connectivity index (χ4n) is 1.98. The van der Waals surface area contributed by atoms with Crippen LogP contribution in [0.4, 0.5) is 0 Å². The molecule has 0 saturated heterocycles. The zero-order chi connectivity index (χ0) is 18.4. The fraction of sp³-hybridized carbons (Fsp3) is 0.176. The Morgan fingerprint density at radius 1 is 1.04 bits per heavy atom. The fourth-order valence-corrected chi connectivity index (χ4v) is 3.21. The van der Waals surface area contributed by atoms with Crippen molar-refractivity contribution in [2.75, 3.05) is 13.7 Å². The van der Waals surface area contributed by atoms with Crippen LogP contribution < -0.4 is 20.3 Å². The molecule has 0 aliphatic rings. The number of methoxy groups -OCH3 is 1. The number of hydrogen-bond donors (Lipinski definition) is 2. The maximum atomic E-state index is 12.2. The maximum Gasteiger partial charge on any atom is 0.269 e. The smallest absolute Gasteiger partial charge is 0.269 e. The van der Waals surface area contributed by atoms with Crippen LogP contribution in [0, 0.1) is 3.57 Å². The number of hydrazine groups is 1. The third-order valence-corrected chi connectivity index (χ3v) is 4.66. The van der Waals surface area contributed by atoms with Crippen LogP contribution in [-0.2, 0) is 0 Å². The molecule has 0 unspecified atom stereocenters. The van der Waals surface area contributed by atoms with Crippen LogP contribution in [0.2, 0.25) is 0 Å². The van der Waals surface area contributed by atoms with E-state index >= 15 is 0 Å². The average molecular weight is 519 g/mol. The standard InChI is InChI=1S/C17H16BrIN2O4/c1-3-25-14-6-4-10(8-12(14)18)16(22)20-21-17(23)11-5-7-15(24-2)13(19)9-11/h4-9H,3H2,1-2H3,(H,20,22)(H,21,23). The molecule has 0 aliphatic carbocycles. The molecule has 0 bridgehead atoms. The number of rotatable bonds is 5. The van der Waals surface area contributed by atoms with Crippen molar-refractivity contribution in [2.24, 2.45) is 0 Å². The van der Waals surface area contributed by atoms with Gasteiger partial charge in [-0.3, -0.25) is 20.4 Å². The first-order chi connectivity index (χ1) is 12.0. The van der Waals surface area contributed by atoms with Gasteiger partial charge in [-0.05, 0) is 81.8 Å². The molecule has 0 heterocycles. The third kappa shape index (κ3) is 5.08. The van der Waals surface area contributed by atoms with Gasteiger partial charge >= 0.3 is 0 Å². The highest BCUT2D eigenvalue weighted by molar-refractivity contribution is 14.1. The van der Waals surface area contributed by atoms with Crippen molar-refractivity contribution in [3.05, 3.63) is 55.6 Å². The van der Waals surface area contributed by atoms with Crippen molar-refractivity contribution >= 4 is 50.3 Å². The Bertz CT molecular complexity index is 798. The van der Waals surface area contributed by atoms with Gasteiger partial charge < -0.3 is 9.47 Å². The molecule has 0 fully saturated rings. The van der Waals surface area contributed by atoms with Gasteiger partial charge in [-0.1, -0.05) is 0 Å². The monoisotopic (exact) mass is 518 g/mol. The molecule has 6 nitrogen and oxygen atoms in total. The lowest BCUT2D eigenvalue weighted by atomic mass is 10.2. The molecule has 0 aromatic heterocycles. The molecule has 8 heteroatoms. The molecule has 2 aromatic carbocycles. The molecule has 0 aliphatic heterocycles. The normalized spacial score (nSPS) is 10.1. The second-order valence-electron chi connectivity index (χ2n) is 4.84. The van der Waals surface area contributed by atoms with Crippen LogP contribution in [0.1, 0.15) is 27.6 Å². The van der Waals surface area contributed by atoms with E-state index in [0.717, 1.165) is 3.57 Å². The van der Waals surface area contributed by atoms with Gasteiger partial charge in [0.25, 0.3) is 11.8 Å². The van der Waals surface area contributed by atoms with Gasteiger partial charge in [-0.25, -0.2) is 0 Å². The van der Waals surface area contributed by atoms with E-state index in [9.17, 15) is 9.59 Å². The average Bonchev–Trinajstić information content (AvgIpc) is 2.61. The van der Waals surface area contributed by atoms with Gasteiger partial charge in [0.15, 0.2) is 0 Å². The highest BCUT2D eigenvalue weighted by atomic mass is 127. The SMILES string of the molecule is CCOc1ccc(C(=O)NNC(=O)c2ccc(OC)c(I)c2)cc1Br. The van der Waals surface area contributed by atoms with Crippen molar-refractivity contribution in [3.8, 4) is 11.5 Å². The second kappa shape index (κ2) is 9.04. The van der Waals surface area contributed by atoms with Crippen molar-refractivity contribution in [2.45, 2.75) is 6.92 Å². The van der Waals surface area contributed by atoms with Gasteiger partial charge in [-0.15, -0.1) is 0 Å². The number of carbonyl (C=O) groups excluding carboxylic acids is 2. The molecule has 25 heavy (non-hydrogen) atoms. The zero-order valence-electron chi connectivity index (χ0n) is 13.6. The number of benzene rings is 2. The van der Waals surface area contributed by atoms with Gasteiger partial charge in [0.2, 0.25) is 0 Å². The van der Waals surface area contributed by atoms with Crippen molar-refractivity contribution in [1.29, 1.82) is 0 Å². The molecule has 0 atom stereocenters. The second-order valence-corrected chi connectivity index (χ2v) is 6.85. The van der Waals surface area contributed by atoms with Gasteiger partial charge in [-0.2, -0.15) is 0 Å². The number of hydrogen-bond acceptors (Lipinski definition) is 4. The van der Waals surface area contributed by atoms with E-state index < -0.39 is 11.8 Å². The topological polar surface area (TPSA) is 76.7 Å². The molecule has 0 saturated carbocycles. The third-order valence-electron chi connectivity index (χ3n) is 3.20. The number of carbonyl (C=O) groups is 2. The number of amides is 2. The first kappa shape index (κ1) is 19.5. The molecular formula is C17H16BrIN2O4. The number of nitrogens with one attached hydrogen (secondary N) is 2. The molecule has 2 N–H and O–H groups in total. The van der Waals surface area contributed by atoms with E-state index in [1.54, 1.807) is 43.5 Å². The van der Waals surface area contributed by atoms with Crippen LogP contribution in [0.3, 0.4) is 0 Å². The van der Waals surface area contributed by atoms with E-state index in [4.69, 9.17) is 9.47 Å². The molecule has 2 aromatic rings. The zero-order valence-corrected chi connectivity index (χ0v) is 17.3. The van der Waals surface area contributed by atoms with Crippen LogP contribution in [0.15, 0.2) is 40.9 Å². The number of halogens is 2. The largest absolute Gasteiger partial charge is 0.496 e. The summed E-state index contributed by atoms with van der Waals surface area (Å²) in [6, 6.07) is 9.93. The number of ether oxygens (including phenoxy) is 2. The van der Waals surface area contributed by atoms with Crippen LogP contribution >= 0.6 is 38.5 Å². The van der Waals surface area contributed by atoms with Crippen LogP contribution in [0.25, 0.3) is 0 Å². The summed E-state index contributed by atoms with van der Waals surface area (Å²) in [5.41, 5.74) is 5.59. The Labute approximate surface area is 167 Å². The first-order valence-electron chi connectivity index (χ1n) is 7.32. The van der Waals surface area contributed by atoms with E-state index in [1.807, 2.05) is 6.92 Å². The molecule has 0 radical (unpaired) electrons. The lowest BCUT2D eigenvalue weighted by molar-refractivity contribution is 0.0846. The van der Waals surface area contributed by atoms with E-state index in [1.165, 1.54) is 0 Å². The van der Waals surface area contributed by atoms with Crippen molar-refractivity contribution in [3.63, 3.8) is 0 Å². The van der Waals surface area contributed by atoms with Gasteiger partial charge in [0.1, 0.15) is 11.5 Å². The summed E-state index contributed by atoms with van der Waals surface area (Å²) < 4.78 is 12.0. The Morgan fingerprint density at radius 3 is 2.08 bits per heavy atom. The van der Waals surface area contributed by atoms with Gasteiger partial charge in [0, 0.05) is 11.1 Å². The molecule has 2 rings (SSSR count). The van der Waals surface area contributed by atoms with Crippen molar-refractivity contribution < 1.29 is 19.1 Å². The predicted molar refractivity (Wildman–Crippen MR) is 106 cm³/mol. The molecular weight excluding hydrogens is 503 g/mol. The summed E-state index contributed by atoms with van der Waals surface area (Å²) in [5, 5.41) is 0. The van der Waals surface area contributed by atoms with E-state index in [2.05, 4.69) is 49.4 Å². The lowest BCUT2D eigenvalue weighted by Crippen LogP contribution is -2.41. The summed E-state index contributed by atoms with van der Waals surface area (Å²) in [6.45, 7) is 2.41. The lowest BCUT2D eigenvalue weighted by Gasteiger charge is -2.10. The predicted octanol–water partition coefficient (Wildman–Crippen LogP) is 3.54. The Hall–Kier alpha value is -1.81. The summed E-state index contributed by atoms with van der Waals surface area (Å²) in [4.78, 5) is 24.3. The maximum absolute atomic E-state index is 12.2. The van der Waals surface area contributed by atoms with Gasteiger partial charge in [0.05, 0.1) is 21.8 Å². The summed E-state index contributed by atoms with van der Waals surface area (Å²) >= 11 is 5.42. The van der Waals surface area contributed by atoms with Crippen LogP contribution in [-0.4, -0.2) is 25.5 Å². The Kier molecular flexibility index (Phi) is 7.06. The molecule has 0 spiro atoms. The van der Waals surface area contributed by atoms with Crippen LogP contribution in [0.5, 0.6) is 11.5 Å². The Balaban J connectivity index is 2.00. The first-order valence-corrected chi connectivity index (χ1v) is 9.20. The molecule has 2 amide bonds. The summed E-state index contributed by atoms with van der Waals surface area (Å²) in [5.74, 6) is 0.482. The summed E-state index contributed by atoms with van der Waals surface area (Å²) in [7, 11) is 1.56. The minimum Gasteiger partial charge on any atom is -0.496 e. The minimum absolute atomic E-state index is 0.389. The highest BCUT2D eigenvalue weighted by Gasteiger charge is 2.12. The quantitative estimate of drug-likeness (QED) is 0.469. The van der Waals surface area contributed by atoms with E-state index in [0.29, 0.717) is 33.7 Å². The Morgan fingerprint density at radius 2 is 1.60 bits per heavy atom. The highest BCUT2D eigenvalue weighted by Crippen LogP contribution is 2.26. The van der Waals surface area contributed by atoms with E-state index in [-0.39, 0.29) is 0 Å². The minimum atomic E-state index is -0.430.